The lowest BCUT2D eigenvalue weighted by Gasteiger charge is -2.12. The van der Waals surface area contributed by atoms with Crippen molar-refractivity contribution in [3.05, 3.63) is 60.2 Å². The molecular weight excluding hydrogens is 320 g/mol. The highest BCUT2D eigenvalue weighted by molar-refractivity contribution is 6.23. The molecule has 1 aliphatic rings. The summed E-state index contributed by atoms with van der Waals surface area (Å²) in [5, 5.41) is 18.7. The van der Waals surface area contributed by atoms with E-state index in [1.165, 1.54) is 35.5 Å². The maximum absolute atomic E-state index is 12.5. The van der Waals surface area contributed by atoms with Crippen molar-refractivity contribution in [2.75, 3.05) is 5.01 Å². The van der Waals surface area contributed by atoms with E-state index in [1.54, 1.807) is 19.1 Å². The van der Waals surface area contributed by atoms with Crippen LogP contribution in [0, 0.1) is 5.92 Å². The van der Waals surface area contributed by atoms with E-state index in [1.807, 2.05) is 18.2 Å². The zero-order valence-corrected chi connectivity index (χ0v) is 13.5. The Morgan fingerprint density at radius 2 is 1.88 bits per heavy atom. The second-order valence-corrected chi connectivity index (χ2v) is 5.47. The third kappa shape index (κ3) is 3.55. The quantitative estimate of drug-likeness (QED) is 0.661. The van der Waals surface area contributed by atoms with E-state index >= 15 is 0 Å². The highest BCUT2D eigenvalue weighted by Gasteiger charge is 2.33. The molecule has 0 aromatic heterocycles. The Balaban J connectivity index is 1.66. The van der Waals surface area contributed by atoms with Gasteiger partial charge in [0.15, 0.2) is 0 Å². The summed E-state index contributed by atoms with van der Waals surface area (Å²) >= 11 is 0. The number of para-hydroxylation sites is 1. The highest BCUT2D eigenvalue weighted by Crippen LogP contribution is 2.22. The van der Waals surface area contributed by atoms with Crippen LogP contribution < -0.4 is 10.4 Å². The average molecular weight is 336 g/mol. The number of phenolic OH excluding ortho intramolecular Hbond substituents is 1. The molecule has 1 atom stereocenters. The second kappa shape index (κ2) is 6.96. The van der Waals surface area contributed by atoms with Crippen LogP contribution in [0.4, 0.5) is 5.69 Å². The number of rotatable bonds is 4. The molecule has 2 amide bonds. The van der Waals surface area contributed by atoms with Crippen LogP contribution in [0.3, 0.4) is 0 Å². The molecule has 7 nitrogen and oxygen atoms in total. The highest BCUT2D eigenvalue weighted by atomic mass is 16.3. The summed E-state index contributed by atoms with van der Waals surface area (Å²) < 4.78 is 0. The Hall–Kier alpha value is -3.48. The standard InChI is InChI=1S/C18H16N4O3/c1-12-16(18(25)22(21-12)14-5-3-2-4-6-14)11-19-20-17(24)13-7-9-15(23)10-8-13/h2-11,16,23H,1H3,(H,20,24)/b19-11+. The summed E-state index contributed by atoms with van der Waals surface area (Å²) in [5.41, 5.74) is 3.99. The smallest absolute Gasteiger partial charge is 0.271 e. The number of amides is 2. The molecule has 7 heteroatoms. The summed E-state index contributed by atoms with van der Waals surface area (Å²) in [7, 11) is 0. The molecule has 1 unspecified atom stereocenters. The SMILES string of the molecule is CC1=NN(c2ccccc2)C(=O)C1/C=N/NC(=O)c1ccc(O)cc1. The number of benzene rings is 2. The van der Waals surface area contributed by atoms with Crippen LogP contribution in [0.15, 0.2) is 64.8 Å². The van der Waals surface area contributed by atoms with Gasteiger partial charge in [0.1, 0.15) is 11.7 Å². The minimum Gasteiger partial charge on any atom is -0.508 e. The van der Waals surface area contributed by atoms with E-state index in [4.69, 9.17) is 0 Å². The lowest BCUT2D eigenvalue weighted by Crippen LogP contribution is -2.29. The lowest BCUT2D eigenvalue weighted by molar-refractivity contribution is -0.118. The van der Waals surface area contributed by atoms with Gasteiger partial charge in [-0.05, 0) is 43.3 Å². The molecule has 0 spiro atoms. The van der Waals surface area contributed by atoms with Gasteiger partial charge in [0.05, 0.1) is 11.4 Å². The number of hydrazone groups is 2. The number of aromatic hydroxyl groups is 1. The molecule has 2 N–H and O–H groups in total. The van der Waals surface area contributed by atoms with Crippen molar-refractivity contribution in [2.24, 2.45) is 16.1 Å². The maximum atomic E-state index is 12.5. The molecule has 3 rings (SSSR count). The van der Waals surface area contributed by atoms with Gasteiger partial charge >= 0.3 is 0 Å². The molecule has 0 aliphatic carbocycles. The first-order valence-corrected chi connectivity index (χ1v) is 7.63. The molecule has 0 saturated carbocycles. The molecule has 0 saturated heterocycles. The fraction of sp³-hybridized carbons (Fsp3) is 0.111. The van der Waals surface area contributed by atoms with Gasteiger partial charge < -0.3 is 5.11 Å². The number of anilines is 1. The van der Waals surface area contributed by atoms with Crippen molar-refractivity contribution in [2.45, 2.75) is 6.92 Å². The van der Waals surface area contributed by atoms with Gasteiger partial charge in [-0.3, -0.25) is 9.59 Å². The zero-order valence-electron chi connectivity index (χ0n) is 13.5. The Bertz CT molecular complexity index is 844. The van der Waals surface area contributed by atoms with Crippen molar-refractivity contribution in [1.82, 2.24) is 5.43 Å². The molecule has 1 heterocycles. The Morgan fingerprint density at radius 3 is 2.56 bits per heavy atom. The van der Waals surface area contributed by atoms with Crippen molar-refractivity contribution in [1.29, 1.82) is 0 Å². The summed E-state index contributed by atoms with van der Waals surface area (Å²) in [4.78, 5) is 24.4. The van der Waals surface area contributed by atoms with E-state index in [2.05, 4.69) is 15.6 Å². The van der Waals surface area contributed by atoms with Crippen LogP contribution in [-0.2, 0) is 4.79 Å². The topological polar surface area (TPSA) is 94.4 Å². The van der Waals surface area contributed by atoms with E-state index in [0.717, 1.165) is 0 Å². The van der Waals surface area contributed by atoms with E-state index in [9.17, 15) is 14.7 Å². The van der Waals surface area contributed by atoms with E-state index < -0.39 is 11.8 Å². The molecule has 25 heavy (non-hydrogen) atoms. The van der Waals surface area contributed by atoms with Crippen LogP contribution in [0.25, 0.3) is 0 Å². The number of carbonyl (C=O) groups excluding carboxylic acids is 2. The number of hydrogen-bond donors (Lipinski definition) is 2. The van der Waals surface area contributed by atoms with E-state index in [-0.39, 0.29) is 11.7 Å². The first-order chi connectivity index (χ1) is 12.1. The van der Waals surface area contributed by atoms with Gasteiger partial charge in [-0.1, -0.05) is 18.2 Å². The fourth-order valence-electron chi connectivity index (χ4n) is 2.35. The number of hydrogen-bond acceptors (Lipinski definition) is 5. The predicted molar refractivity (Wildman–Crippen MR) is 94.6 cm³/mol. The summed E-state index contributed by atoms with van der Waals surface area (Å²) in [6.45, 7) is 1.74. The number of carbonyl (C=O) groups is 2. The minimum absolute atomic E-state index is 0.0736. The van der Waals surface area contributed by atoms with Gasteiger partial charge in [0.2, 0.25) is 0 Å². The van der Waals surface area contributed by atoms with Gasteiger partial charge in [0.25, 0.3) is 11.8 Å². The van der Waals surface area contributed by atoms with Crippen molar-refractivity contribution >= 4 is 29.4 Å². The van der Waals surface area contributed by atoms with Gasteiger partial charge in [-0.25, -0.2) is 5.43 Å². The van der Waals surface area contributed by atoms with Crippen LogP contribution in [0.1, 0.15) is 17.3 Å². The molecular formula is C18H16N4O3. The third-order valence-corrected chi connectivity index (χ3v) is 3.70. The lowest BCUT2D eigenvalue weighted by atomic mass is 10.1. The second-order valence-electron chi connectivity index (χ2n) is 5.47. The van der Waals surface area contributed by atoms with Crippen molar-refractivity contribution in [3.63, 3.8) is 0 Å². The van der Waals surface area contributed by atoms with Crippen molar-refractivity contribution in [3.8, 4) is 5.75 Å². The van der Waals surface area contributed by atoms with Crippen LogP contribution in [-0.4, -0.2) is 28.8 Å². The molecule has 0 fully saturated rings. The van der Waals surface area contributed by atoms with Gasteiger partial charge in [-0.15, -0.1) is 0 Å². The van der Waals surface area contributed by atoms with Gasteiger partial charge in [0, 0.05) is 11.8 Å². The van der Waals surface area contributed by atoms with Crippen LogP contribution in [0.5, 0.6) is 5.75 Å². The largest absolute Gasteiger partial charge is 0.508 e. The Kier molecular flexibility index (Phi) is 4.56. The van der Waals surface area contributed by atoms with E-state index in [0.29, 0.717) is 17.0 Å². The monoisotopic (exact) mass is 336 g/mol. The van der Waals surface area contributed by atoms with Gasteiger partial charge in [-0.2, -0.15) is 15.2 Å². The molecule has 2 aromatic carbocycles. The van der Waals surface area contributed by atoms with Crippen LogP contribution >= 0.6 is 0 Å². The molecule has 2 aromatic rings. The van der Waals surface area contributed by atoms with Crippen molar-refractivity contribution < 1.29 is 14.7 Å². The normalized spacial score (nSPS) is 17.0. The summed E-state index contributed by atoms with van der Waals surface area (Å²) in [6.07, 6.45) is 1.36. The molecule has 126 valence electrons. The summed E-state index contributed by atoms with van der Waals surface area (Å²) in [5.74, 6) is -1.22. The number of nitrogens with zero attached hydrogens (tertiary/aromatic N) is 3. The maximum Gasteiger partial charge on any atom is 0.271 e. The Morgan fingerprint density at radius 1 is 1.20 bits per heavy atom. The molecule has 1 aliphatic heterocycles. The first-order valence-electron chi connectivity index (χ1n) is 7.63. The fourth-order valence-corrected chi connectivity index (χ4v) is 2.35. The molecule has 0 bridgehead atoms. The molecule has 0 radical (unpaired) electrons. The summed E-state index contributed by atoms with van der Waals surface area (Å²) in [6, 6.07) is 14.9. The predicted octanol–water partition coefficient (Wildman–Crippen LogP) is 2.15. The third-order valence-electron chi connectivity index (χ3n) is 3.70. The minimum atomic E-state index is -0.625. The number of nitrogens with one attached hydrogen (secondary N) is 1. The average Bonchev–Trinajstić information content (AvgIpc) is 2.91. The van der Waals surface area contributed by atoms with Crippen LogP contribution in [0.2, 0.25) is 0 Å². The number of phenols is 1. The Labute approximate surface area is 144 Å². The first kappa shape index (κ1) is 16.4. The zero-order chi connectivity index (χ0) is 17.8.